The van der Waals surface area contributed by atoms with Crippen molar-refractivity contribution in [3.8, 4) is 0 Å². The van der Waals surface area contributed by atoms with Crippen molar-refractivity contribution in [3.63, 3.8) is 0 Å². The molecule has 0 aliphatic carbocycles. The summed E-state index contributed by atoms with van der Waals surface area (Å²) in [6.07, 6.45) is 2.41. The Hall–Kier alpha value is -1.16. The molecule has 4 heteroatoms. The van der Waals surface area contributed by atoms with Crippen LogP contribution in [0.1, 0.15) is 30.3 Å². The summed E-state index contributed by atoms with van der Waals surface area (Å²) in [5.74, 6) is 1.86. The maximum absolute atomic E-state index is 5.69. The van der Waals surface area contributed by atoms with Crippen molar-refractivity contribution in [2.75, 3.05) is 18.8 Å². The van der Waals surface area contributed by atoms with E-state index in [1.807, 2.05) is 13.0 Å². The second kappa shape index (κ2) is 3.92. The van der Waals surface area contributed by atoms with Crippen LogP contribution in [-0.4, -0.2) is 23.1 Å². The zero-order valence-corrected chi connectivity index (χ0v) is 8.45. The van der Waals surface area contributed by atoms with E-state index in [2.05, 4.69) is 15.3 Å². The van der Waals surface area contributed by atoms with E-state index in [0.717, 1.165) is 24.6 Å². The number of aryl methyl sites for hydroxylation is 1. The maximum atomic E-state index is 5.69. The van der Waals surface area contributed by atoms with Gasteiger partial charge >= 0.3 is 0 Å². The molecule has 1 aliphatic rings. The van der Waals surface area contributed by atoms with Gasteiger partial charge in [0.1, 0.15) is 11.6 Å². The Morgan fingerprint density at radius 1 is 1.50 bits per heavy atom. The first-order valence-corrected chi connectivity index (χ1v) is 5.07. The molecule has 1 saturated heterocycles. The molecule has 1 aromatic rings. The monoisotopic (exact) mass is 192 g/mol. The fourth-order valence-electron chi connectivity index (χ4n) is 1.93. The third-order valence-electron chi connectivity index (χ3n) is 2.59. The maximum Gasteiger partial charge on any atom is 0.127 e. The van der Waals surface area contributed by atoms with Crippen LogP contribution in [0.4, 0.5) is 5.82 Å². The molecule has 0 saturated carbocycles. The number of nitrogens with zero attached hydrogens (tertiary/aromatic N) is 2. The summed E-state index contributed by atoms with van der Waals surface area (Å²) < 4.78 is 0. The highest BCUT2D eigenvalue weighted by Gasteiger charge is 2.16. The molecule has 2 rings (SSSR count). The van der Waals surface area contributed by atoms with Gasteiger partial charge in [0.15, 0.2) is 0 Å². The SMILES string of the molecule is Cc1nc(N)cc(C2CCCNC2)n1. The smallest absolute Gasteiger partial charge is 0.127 e. The van der Waals surface area contributed by atoms with Gasteiger partial charge in [-0.25, -0.2) is 9.97 Å². The molecular weight excluding hydrogens is 176 g/mol. The van der Waals surface area contributed by atoms with Crippen LogP contribution in [0.25, 0.3) is 0 Å². The van der Waals surface area contributed by atoms with E-state index in [1.54, 1.807) is 0 Å². The first kappa shape index (κ1) is 9.40. The Morgan fingerprint density at radius 2 is 2.36 bits per heavy atom. The molecule has 1 aliphatic heterocycles. The van der Waals surface area contributed by atoms with E-state index < -0.39 is 0 Å². The van der Waals surface area contributed by atoms with E-state index in [0.29, 0.717) is 11.7 Å². The summed E-state index contributed by atoms with van der Waals surface area (Å²) in [7, 11) is 0. The van der Waals surface area contributed by atoms with Gasteiger partial charge in [0.05, 0.1) is 5.69 Å². The summed E-state index contributed by atoms with van der Waals surface area (Å²) >= 11 is 0. The summed E-state index contributed by atoms with van der Waals surface area (Å²) in [4.78, 5) is 8.50. The van der Waals surface area contributed by atoms with Crippen molar-refractivity contribution in [2.45, 2.75) is 25.7 Å². The largest absolute Gasteiger partial charge is 0.384 e. The van der Waals surface area contributed by atoms with Crippen LogP contribution in [0.15, 0.2) is 6.07 Å². The normalized spacial score (nSPS) is 22.2. The van der Waals surface area contributed by atoms with Crippen LogP contribution in [0, 0.1) is 6.92 Å². The zero-order valence-electron chi connectivity index (χ0n) is 8.45. The van der Waals surface area contributed by atoms with Gasteiger partial charge in [-0.15, -0.1) is 0 Å². The van der Waals surface area contributed by atoms with Gasteiger partial charge in [-0.2, -0.15) is 0 Å². The fourth-order valence-corrected chi connectivity index (χ4v) is 1.93. The van der Waals surface area contributed by atoms with E-state index in [4.69, 9.17) is 5.73 Å². The quantitative estimate of drug-likeness (QED) is 0.692. The number of nitrogens with two attached hydrogens (primary N) is 1. The molecular formula is C10H16N4. The summed E-state index contributed by atoms with van der Waals surface area (Å²) in [6.45, 7) is 4.02. The number of nitrogens with one attached hydrogen (secondary N) is 1. The van der Waals surface area contributed by atoms with E-state index in [1.165, 1.54) is 12.8 Å². The Labute approximate surface area is 83.9 Å². The first-order valence-electron chi connectivity index (χ1n) is 5.07. The molecule has 0 bridgehead atoms. The van der Waals surface area contributed by atoms with Gasteiger partial charge in [0.25, 0.3) is 0 Å². The van der Waals surface area contributed by atoms with Gasteiger partial charge < -0.3 is 11.1 Å². The Morgan fingerprint density at radius 3 is 3.00 bits per heavy atom. The van der Waals surface area contributed by atoms with Crippen molar-refractivity contribution in [2.24, 2.45) is 0 Å². The van der Waals surface area contributed by atoms with Crippen molar-refractivity contribution in [1.82, 2.24) is 15.3 Å². The third-order valence-corrected chi connectivity index (χ3v) is 2.59. The van der Waals surface area contributed by atoms with Gasteiger partial charge in [0, 0.05) is 18.5 Å². The molecule has 1 unspecified atom stereocenters. The lowest BCUT2D eigenvalue weighted by Gasteiger charge is -2.22. The molecule has 4 nitrogen and oxygen atoms in total. The van der Waals surface area contributed by atoms with Gasteiger partial charge in [-0.1, -0.05) is 0 Å². The highest BCUT2D eigenvalue weighted by molar-refractivity contribution is 5.31. The lowest BCUT2D eigenvalue weighted by molar-refractivity contribution is 0.454. The molecule has 14 heavy (non-hydrogen) atoms. The summed E-state index contributed by atoms with van der Waals surface area (Å²) in [6, 6.07) is 1.89. The highest BCUT2D eigenvalue weighted by atomic mass is 15.0. The number of hydrogen-bond donors (Lipinski definition) is 2. The number of aromatic nitrogens is 2. The predicted molar refractivity (Wildman–Crippen MR) is 56.0 cm³/mol. The molecule has 3 N–H and O–H groups in total. The summed E-state index contributed by atoms with van der Waals surface area (Å²) in [5, 5.41) is 3.37. The third kappa shape index (κ3) is 2.01. The zero-order chi connectivity index (χ0) is 9.97. The number of rotatable bonds is 1. The minimum atomic E-state index is 0.507. The molecule has 76 valence electrons. The van der Waals surface area contributed by atoms with Crippen LogP contribution in [-0.2, 0) is 0 Å². The van der Waals surface area contributed by atoms with Gasteiger partial charge in [-0.3, -0.25) is 0 Å². The van der Waals surface area contributed by atoms with Crippen molar-refractivity contribution in [1.29, 1.82) is 0 Å². The topological polar surface area (TPSA) is 63.8 Å². The van der Waals surface area contributed by atoms with Crippen LogP contribution in [0.2, 0.25) is 0 Å². The van der Waals surface area contributed by atoms with Crippen molar-refractivity contribution < 1.29 is 0 Å². The van der Waals surface area contributed by atoms with E-state index in [9.17, 15) is 0 Å². The molecule has 0 radical (unpaired) electrons. The molecule has 1 fully saturated rings. The van der Waals surface area contributed by atoms with Gasteiger partial charge in [-0.05, 0) is 26.3 Å². The number of nitrogen functional groups attached to an aromatic ring is 1. The first-order chi connectivity index (χ1) is 6.75. The van der Waals surface area contributed by atoms with E-state index in [-0.39, 0.29) is 0 Å². The number of hydrogen-bond acceptors (Lipinski definition) is 4. The second-order valence-corrected chi connectivity index (χ2v) is 3.81. The molecule has 0 amide bonds. The molecule has 0 aromatic carbocycles. The second-order valence-electron chi connectivity index (χ2n) is 3.81. The van der Waals surface area contributed by atoms with E-state index >= 15 is 0 Å². The van der Waals surface area contributed by atoms with Gasteiger partial charge in [0.2, 0.25) is 0 Å². The predicted octanol–water partition coefficient (Wildman–Crippen LogP) is 0.834. The van der Waals surface area contributed by atoms with Crippen LogP contribution < -0.4 is 11.1 Å². The standard InChI is InChI=1S/C10H16N4/c1-7-13-9(5-10(11)14-7)8-3-2-4-12-6-8/h5,8,12H,2-4,6H2,1H3,(H2,11,13,14). The van der Waals surface area contributed by atoms with Crippen molar-refractivity contribution in [3.05, 3.63) is 17.6 Å². The average molecular weight is 192 g/mol. The lowest BCUT2D eigenvalue weighted by Crippen LogP contribution is -2.29. The van der Waals surface area contributed by atoms with Crippen LogP contribution in [0.5, 0.6) is 0 Å². The molecule has 0 spiro atoms. The highest BCUT2D eigenvalue weighted by Crippen LogP contribution is 2.22. The molecule has 1 aromatic heterocycles. The van der Waals surface area contributed by atoms with Crippen LogP contribution >= 0.6 is 0 Å². The molecule has 1 atom stereocenters. The number of anilines is 1. The van der Waals surface area contributed by atoms with Crippen LogP contribution in [0.3, 0.4) is 0 Å². The Bertz CT molecular complexity index is 298. The minimum absolute atomic E-state index is 0.507. The minimum Gasteiger partial charge on any atom is -0.384 e. The van der Waals surface area contributed by atoms with Crippen molar-refractivity contribution >= 4 is 5.82 Å². The molecule has 2 heterocycles. The average Bonchev–Trinajstić information content (AvgIpc) is 2.18. The fraction of sp³-hybridized carbons (Fsp3) is 0.600. The number of piperidine rings is 1. The Kier molecular flexibility index (Phi) is 2.63. The Balaban J connectivity index is 2.21. The lowest BCUT2D eigenvalue weighted by atomic mass is 9.96. The summed E-state index contributed by atoms with van der Waals surface area (Å²) in [5.41, 5.74) is 6.78.